The summed E-state index contributed by atoms with van der Waals surface area (Å²) >= 11 is 0. The minimum Gasteiger partial charge on any atom is -0.341 e. The minimum atomic E-state index is 0.782. The Bertz CT molecular complexity index is 326. The van der Waals surface area contributed by atoms with Crippen LogP contribution in [0.1, 0.15) is 39.3 Å². The van der Waals surface area contributed by atoms with Crippen LogP contribution in [0, 0.1) is 12.8 Å². The minimum absolute atomic E-state index is 0.782. The molecule has 1 N–H and O–H groups in total. The van der Waals surface area contributed by atoms with E-state index in [9.17, 15) is 0 Å². The molecule has 0 radical (unpaired) electrons. The van der Waals surface area contributed by atoms with Crippen molar-refractivity contribution in [2.45, 2.75) is 40.5 Å². The molecule has 0 aliphatic carbocycles. The molecule has 4 nitrogen and oxygen atoms in total. The van der Waals surface area contributed by atoms with Gasteiger partial charge in [-0.25, -0.2) is 9.97 Å². The molecule has 0 saturated carbocycles. The first-order valence-corrected chi connectivity index (χ1v) is 7.22. The topological polar surface area (TPSA) is 41.1 Å². The molecule has 4 heteroatoms. The van der Waals surface area contributed by atoms with Crippen LogP contribution < -0.4 is 10.2 Å². The lowest BCUT2D eigenvalue weighted by molar-refractivity contribution is 0.658. The normalized spacial score (nSPS) is 17.2. The number of nitrogens with zero attached hydrogens (tertiary/aromatic N) is 3. The molecule has 0 spiro atoms. The van der Waals surface area contributed by atoms with E-state index < -0.39 is 0 Å². The van der Waals surface area contributed by atoms with Crippen molar-refractivity contribution in [2.75, 3.05) is 32.1 Å². The molecule has 1 atom stereocenters. The molecule has 1 aromatic heterocycles. The van der Waals surface area contributed by atoms with Crippen LogP contribution in [0.15, 0.2) is 12.3 Å². The Labute approximate surface area is 118 Å². The molecular formula is C15H30N4. The third-order valence-corrected chi connectivity index (χ3v) is 2.49. The Kier molecular flexibility index (Phi) is 10.1. The number of aromatic nitrogens is 2. The fraction of sp³-hybridized carbons (Fsp3) is 0.733. The zero-order valence-electron chi connectivity index (χ0n) is 13.4. The van der Waals surface area contributed by atoms with Gasteiger partial charge in [-0.1, -0.05) is 27.2 Å². The van der Waals surface area contributed by atoms with E-state index in [1.54, 1.807) is 0 Å². The molecule has 0 amide bonds. The van der Waals surface area contributed by atoms with Crippen LogP contribution in [0.4, 0.5) is 5.95 Å². The lowest BCUT2D eigenvalue weighted by atomic mass is 10.2. The van der Waals surface area contributed by atoms with Gasteiger partial charge in [-0.2, -0.15) is 0 Å². The molecule has 1 unspecified atom stereocenters. The molecule has 2 heterocycles. The van der Waals surface area contributed by atoms with Crippen molar-refractivity contribution in [3.05, 3.63) is 18.0 Å². The van der Waals surface area contributed by atoms with Gasteiger partial charge in [0, 0.05) is 25.0 Å². The maximum atomic E-state index is 4.40. The van der Waals surface area contributed by atoms with Crippen LogP contribution in [-0.4, -0.2) is 37.2 Å². The number of rotatable bonds is 1. The highest BCUT2D eigenvalue weighted by Gasteiger charge is 2.20. The van der Waals surface area contributed by atoms with Crippen molar-refractivity contribution >= 4 is 5.95 Å². The maximum absolute atomic E-state index is 4.40. The van der Waals surface area contributed by atoms with E-state index >= 15 is 0 Å². The van der Waals surface area contributed by atoms with Gasteiger partial charge in [0.05, 0.1) is 0 Å². The largest absolute Gasteiger partial charge is 0.341 e. The number of aryl methyl sites for hydroxylation is 1. The number of nitrogens with one attached hydrogen (secondary N) is 1. The Balaban J connectivity index is 0.000000465. The average Bonchev–Trinajstić information content (AvgIpc) is 2.78. The predicted octanol–water partition coefficient (Wildman–Crippen LogP) is 2.88. The lowest BCUT2D eigenvalue weighted by Crippen LogP contribution is -2.21. The molecule has 1 saturated heterocycles. The van der Waals surface area contributed by atoms with Gasteiger partial charge in [0.1, 0.15) is 0 Å². The van der Waals surface area contributed by atoms with Gasteiger partial charge in [0.25, 0.3) is 0 Å². The summed E-state index contributed by atoms with van der Waals surface area (Å²) in [6.07, 6.45) is 4.35. The molecule has 1 fully saturated rings. The lowest BCUT2D eigenvalue weighted by Gasteiger charge is -2.15. The van der Waals surface area contributed by atoms with E-state index in [1.165, 1.54) is 12.8 Å². The fourth-order valence-electron chi connectivity index (χ4n) is 1.70. The van der Waals surface area contributed by atoms with Gasteiger partial charge in [-0.3, -0.25) is 0 Å². The first kappa shape index (κ1) is 17.8. The summed E-state index contributed by atoms with van der Waals surface area (Å²) in [7, 11) is 3.75. The zero-order chi connectivity index (χ0) is 14.7. The van der Waals surface area contributed by atoms with Crippen LogP contribution in [0.25, 0.3) is 0 Å². The summed E-state index contributed by atoms with van der Waals surface area (Å²) < 4.78 is 0. The van der Waals surface area contributed by atoms with E-state index in [0.29, 0.717) is 0 Å². The zero-order valence-corrected chi connectivity index (χ0v) is 13.4. The van der Waals surface area contributed by atoms with Gasteiger partial charge in [0.2, 0.25) is 5.95 Å². The van der Waals surface area contributed by atoms with E-state index in [-0.39, 0.29) is 0 Å². The molecule has 0 bridgehead atoms. The van der Waals surface area contributed by atoms with E-state index in [1.807, 2.05) is 33.3 Å². The Morgan fingerprint density at radius 1 is 1.37 bits per heavy atom. The number of hydrogen-bond donors (Lipinski definition) is 1. The second kappa shape index (κ2) is 10.7. The van der Waals surface area contributed by atoms with Crippen molar-refractivity contribution in [3.8, 4) is 0 Å². The average molecular weight is 266 g/mol. The van der Waals surface area contributed by atoms with E-state index in [0.717, 1.165) is 30.6 Å². The third kappa shape index (κ3) is 7.78. The fourth-order valence-corrected chi connectivity index (χ4v) is 1.70. The Morgan fingerprint density at radius 3 is 2.37 bits per heavy atom. The SMILES string of the molecule is CCC.CNC.Cc1ccnc(N2CCC(C)C2)n1. The van der Waals surface area contributed by atoms with Crippen LogP contribution in [0.3, 0.4) is 0 Å². The monoisotopic (exact) mass is 266 g/mol. The summed E-state index contributed by atoms with van der Waals surface area (Å²) in [6, 6.07) is 1.93. The van der Waals surface area contributed by atoms with Gasteiger partial charge in [-0.05, 0) is 39.4 Å². The summed E-state index contributed by atoms with van der Waals surface area (Å²) in [5.41, 5.74) is 1.05. The van der Waals surface area contributed by atoms with Crippen molar-refractivity contribution < 1.29 is 0 Å². The molecular weight excluding hydrogens is 236 g/mol. The number of anilines is 1. The Hall–Kier alpha value is -1.16. The summed E-state index contributed by atoms with van der Waals surface area (Å²) in [6.45, 7) is 10.7. The van der Waals surface area contributed by atoms with Crippen molar-refractivity contribution in [1.29, 1.82) is 0 Å². The first-order chi connectivity index (χ1) is 9.08. The van der Waals surface area contributed by atoms with Crippen molar-refractivity contribution in [3.63, 3.8) is 0 Å². The van der Waals surface area contributed by atoms with Gasteiger partial charge >= 0.3 is 0 Å². The molecule has 19 heavy (non-hydrogen) atoms. The van der Waals surface area contributed by atoms with Crippen molar-refractivity contribution in [2.24, 2.45) is 5.92 Å². The van der Waals surface area contributed by atoms with Gasteiger partial charge < -0.3 is 10.2 Å². The summed E-state index contributed by atoms with van der Waals surface area (Å²) in [5, 5.41) is 2.75. The van der Waals surface area contributed by atoms with Crippen LogP contribution in [-0.2, 0) is 0 Å². The van der Waals surface area contributed by atoms with Gasteiger partial charge in [-0.15, -0.1) is 0 Å². The number of hydrogen-bond acceptors (Lipinski definition) is 4. The smallest absolute Gasteiger partial charge is 0.225 e. The molecule has 1 aromatic rings. The highest BCUT2D eigenvalue weighted by Crippen LogP contribution is 2.19. The highest BCUT2D eigenvalue weighted by atomic mass is 15.3. The highest BCUT2D eigenvalue weighted by molar-refractivity contribution is 5.31. The quantitative estimate of drug-likeness (QED) is 0.848. The molecule has 1 aliphatic heterocycles. The van der Waals surface area contributed by atoms with Crippen LogP contribution in [0.5, 0.6) is 0 Å². The standard InChI is InChI=1S/C10H15N3.C3H8.C2H7N/c1-8-4-6-13(7-8)10-11-5-3-9(2)12-10;2*1-3-2/h3,5,8H,4,6-7H2,1-2H3;3H2,1-2H3;3H,1-2H3. The molecule has 110 valence electrons. The molecule has 2 rings (SSSR count). The van der Waals surface area contributed by atoms with E-state index in [2.05, 4.69) is 41.0 Å². The summed E-state index contributed by atoms with van der Waals surface area (Å²) in [4.78, 5) is 10.9. The second-order valence-corrected chi connectivity index (χ2v) is 5.04. The Morgan fingerprint density at radius 2 is 1.95 bits per heavy atom. The predicted molar refractivity (Wildman–Crippen MR) is 83.7 cm³/mol. The molecule has 0 aromatic carbocycles. The first-order valence-electron chi connectivity index (χ1n) is 7.22. The van der Waals surface area contributed by atoms with E-state index in [4.69, 9.17) is 0 Å². The third-order valence-electron chi connectivity index (χ3n) is 2.49. The maximum Gasteiger partial charge on any atom is 0.225 e. The molecule has 1 aliphatic rings. The van der Waals surface area contributed by atoms with Crippen molar-refractivity contribution in [1.82, 2.24) is 15.3 Å². The second-order valence-electron chi connectivity index (χ2n) is 5.04. The van der Waals surface area contributed by atoms with Crippen LogP contribution in [0.2, 0.25) is 0 Å². The van der Waals surface area contributed by atoms with Gasteiger partial charge in [0.15, 0.2) is 0 Å². The van der Waals surface area contributed by atoms with Crippen LogP contribution >= 0.6 is 0 Å². The summed E-state index contributed by atoms with van der Waals surface area (Å²) in [5.74, 6) is 1.67.